The van der Waals surface area contributed by atoms with E-state index in [4.69, 9.17) is 10.5 Å². The van der Waals surface area contributed by atoms with Crippen molar-refractivity contribution >= 4 is 11.8 Å². The SMILES string of the molecule is CSC(CC(C)C)=C(C#N)C#N. The van der Waals surface area contributed by atoms with Gasteiger partial charge in [-0.15, -0.1) is 11.8 Å². The third-order valence-corrected chi connectivity index (χ3v) is 2.21. The quantitative estimate of drug-likeness (QED) is 0.627. The van der Waals surface area contributed by atoms with Crippen LogP contribution in [0.5, 0.6) is 0 Å². The number of nitrogens with zero attached hydrogens (tertiary/aromatic N) is 2. The molecule has 0 aliphatic rings. The zero-order chi connectivity index (χ0) is 9.56. The molecule has 0 aliphatic heterocycles. The predicted molar refractivity (Wildman–Crippen MR) is 51.2 cm³/mol. The van der Waals surface area contributed by atoms with Gasteiger partial charge in [0.1, 0.15) is 17.7 Å². The van der Waals surface area contributed by atoms with Gasteiger partial charge in [0.15, 0.2) is 0 Å². The molecule has 0 aromatic rings. The molecular weight excluding hydrogens is 168 g/mol. The first-order valence-corrected chi connectivity index (χ1v) is 4.95. The lowest BCUT2D eigenvalue weighted by molar-refractivity contribution is 0.657. The monoisotopic (exact) mass is 180 g/mol. The molecule has 0 aliphatic carbocycles. The molecule has 0 aromatic heterocycles. The zero-order valence-electron chi connectivity index (χ0n) is 7.59. The number of rotatable bonds is 3. The van der Waals surface area contributed by atoms with Gasteiger partial charge < -0.3 is 0 Å². The summed E-state index contributed by atoms with van der Waals surface area (Å²) in [5, 5.41) is 17.2. The highest BCUT2D eigenvalue weighted by molar-refractivity contribution is 8.02. The molecule has 0 saturated carbocycles. The van der Waals surface area contributed by atoms with E-state index in [9.17, 15) is 0 Å². The fraction of sp³-hybridized carbons (Fsp3) is 0.556. The van der Waals surface area contributed by atoms with Crippen LogP contribution in [0.3, 0.4) is 0 Å². The molecule has 0 radical (unpaired) electrons. The third-order valence-electron chi connectivity index (χ3n) is 1.34. The summed E-state index contributed by atoms with van der Waals surface area (Å²) >= 11 is 1.49. The summed E-state index contributed by atoms with van der Waals surface area (Å²) in [5.41, 5.74) is 0.260. The topological polar surface area (TPSA) is 47.6 Å². The molecule has 0 unspecified atom stereocenters. The van der Waals surface area contributed by atoms with Crippen LogP contribution in [0.2, 0.25) is 0 Å². The van der Waals surface area contributed by atoms with Gasteiger partial charge in [0.05, 0.1) is 0 Å². The molecule has 3 heteroatoms. The van der Waals surface area contributed by atoms with E-state index >= 15 is 0 Å². The highest BCUT2D eigenvalue weighted by Crippen LogP contribution is 2.24. The van der Waals surface area contributed by atoms with Crippen LogP contribution < -0.4 is 0 Å². The fourth-order valence-corrected chi connectivity index (χ4v) is 1.60. The van der Waals surface area contributed by atoms with E-state index in [1.54, 1.807) is 0 Å². The van der Waals surface area contributed by atoms with Crippen molar-refractivity contribution in [2.45, 2.75) is 20.3 Å². The molecule has 0 fully saturated rings. The molecule has 0 saturated heterocycles. The van der Waals surface area contributed by atoms with E-state index in [1.807, 2.05) is 18.4 Å². The van der Waals surface area contributed by atoms with Gasteiger partial charge in [0.2, 0.25) is 0 Å². The van der Waals surface area contributed by atoms with Gasteiger partial charge in [0.25, 0.3) is 0 Å². The number of thioether (sulfide) groups is 1. The Balaban J connectivity index is 4.65. The van der Waals surface area contributed by atoms with E-state index in [0.29, 0.717) is 5.92 Å². The van der Waals surface area contributed by atoms with Crippen LogP contribution in [0, 0.1) is 28.6 Å². The number of hydrogen-bond donors (Lipinski definition) is 0. The van der Waals surface area contributed by atoms with Crippen molar-refractivity contribution in [1.82, 2.24) is 0 Å². The fourth-order valence-electron chi connectivity index (χ4n) is 0.808. The number of allylic oxidation sites excluding steroid dienone is 2. The highest BCUT2D eigenvalue weighted by Gasteiger charge is 2.06. The first kappa shape index (κ1) is 11.1. The third kappa shape index (κ3) is 3.46. The van der Waals surface area contributed by atoms with E-state index < -0.39 is 0 Å². The minimum atomic E-state index is 0.260. The van der Waals surface area contributed by atoms with Crippen LogP contribution in [0.1, 0.15) is 20.3 Å². The van der Waals surface area contributed by atoms with Gasteiger partial charge in [-0.2, -0.15) is 10.5 Å². The second-order valence-electron chi connectivity index (χ2n) is 2.82. The lowest BCUT2D eigenvalue weighted by atomic mass is 10.1. The van der Waals surface area contributed by atoms with Gasteiger partial charge >= 0.3 is 0 Å². The van der Waals surface area contributed by atoms with Gasteiger partial charge in [0, 0.05) is 4.91 Å². The largest absolute Gasteiger partial charge is 0.192 e. The molecule has 0 atom stereocenters. The number of hydrogen-bond acceptors (Lipinski definition) is 3. The lowest BCUT2D eigenvalue weighted by Gasteiger charge is -2.06. The Kier molecular flexibility index (Phi) is 5.25. The summed E-state index contributed by atoms with van der Waals surface area (Å²) in [6, 6.07) is 3.81. The first-order chi connectivity index (χ1) is 5.65. The molecule has 0 N–H and O–H groups in total. The van der Waals surface area contributed by atoms with E-state index in [-0.39, 0.29) is 5.57 Å². The molecule has 0 amide bonds. The minimum absolute atomic E-state index is 0.260. The van der Waals surface area contributed by atoms with Crippen LogP contribution >= 0.6 is 11.8 Å². The summed E-state index contributed by atoms with van der Waals surface area (Å²) < 4.78 is 0. The molecule has 0 heterocycles. The average molecular weight is 180 g/mol. The van der Waals surface area contributed by atoms with Crippen molar-refractivity contribution in [1.29, 1.82) is 10.5 Å². The van der Waals surface area contributed by atoms with Crippen molar-refractivity contribution in [3.8, 4) is 12.1 Å². The smallest absolute Gasteiger partial charge is 0.139 e. The van der Waals surface area contributed by atoms with E-state index in [2.05, 4.69) is 13.8 Å². The summed E-state index contributed by atoms with van der Waals surface area (Å²) in [7, 11) is 0. The lowest BCUT2D eigenvalue weighted by Crippen LogP contribution is -1.91. The maximum atomic E-state index is 8.60. The Labute approximate surface area is 77.9 Å². The molecule has 2 nitrogen and oxygen atoms in total. The Bertz CT molecular complexity index is 237. The molecule has 12 heavy (non-hydrogen) atoms. The van der Waals surface area contributed by atoms with Gasteiger partial charge in [-0.05, 0) is 18.6 Å². The van der Waals surface area contributed by atoms with Crippen LogP contribution in [0.15, 0.2) is 10.5 Å². The van der Waals surface area contributed by atoms with Crippen LogP contribution in [-0.4, -0.2) is 6.26 Å². The molecular formula is C9H12N2S. The second kappa shape index (κ2) is 5.69. The van der Waals surface area contributed by atoms with E-state index in [1.165, 1.54) is 11.8 Å². The summed E-state index contributed by atoms with van der Waals surface area (Å²) in [6.07, 6.45) is 2.71. The van der Waals surface area contributed by atoms with Crippen molar-refractivity contribution in [2.75, 3.05) is 6.26 Å². The molecule has 0 rings (SSSR count). The molecule has 0 spiro atoms. The van der Waals surface area contributed by atoms with Gasteiger partial charge in [-0.3, -0.25) is 0 Å². The summed E-state index contributed by atoms with van der Waals surface area (Å²) in [4.78, 5) is 0.898. The Morgan fingerprint density at radius 2 is 1.83 bits per heavy atom. The van der Waals surface area contributed by atoms with Crippen LogP contribution in [-0.2, 0) is 0 Å². The predicted octanol–water partition coefficient (Wildman–Crippen LogP) is 2.70. The summed E-state index contributed by atoms with van der Waals surface area (Å²) in [6.45, 7) is 4.14. The molecule has 64 valence electrons. The number of nitriles is 2. The second-order valence-corrected chi connectivity index (χ2v) is 3.72. The summed E-state index contributed by atoms with van der Waals surface area (Å²) in [5.74, 6) is 0.490. The Morgan fingerprint density at radius 3 is 2.08 bits per heavy atom. The van der Waals surface area contributed by atoms with Crippen LogP contribution in [0.25, 0.3) is 0 Å². The average Bonchev–Trinajstić information content (AvgIpc) is 2.04. The standard InChI is InChI=1S/C9H12N2S/c1-7(2)4-9(12-3)8(5-10)6-11/h7H,4H2,1-3H3. The van der Waals surface area contributed by atoms with Crippen LogP contribution in [0.4, 0.5) is 0 Å². The highest BCUT2D eigenvalue weighted by atomic mass is 32.2. The Morgan fingerprint density at radius 1 is 1.33 bits per heavy atom. The van der Waals surface area contributed by atoms with Crippen molar-refractivity contribution in [2.24, 2.45) is 5.92 Å². The van der Waals surface area contributed by atoms with Crippen molar-refractivity contribution in [3.63, 3.8) is 0 Å². The van der Waals surface area contributed by atoms with E-state index in [0.717, 1.165) is 11.3 Å². The maximum Gasteiger partial charge on any atom is 0.139 e. The minimum Gasteiger partial charge on any atom is -0.192 e. The van der Waals surface area contributed by atoms with Gasteiger partial charge in [-0.25, -0.2) is 0 Å². The maximum absolute atomic E-state index is 8.60. The first-order valence-electron chi connectivity index (χ1n) is 3.73. The van der Waals surface area contributed by atoms with Crippen molar-refractivity contribution in [3.05, 3.63) is 10.5 Å². The molecule has 0 aromatic carbocycles. The van der Waals surface area contributed by atoms with Crippen molar-refractivity contribution < 1.29 is 0 Å². The zero-order valence-corrected chi connectivity index (χ0v) is 8.40. The van der Waals surface area contributed by atoms with Gasteiger partial charge in [-0.1, -0.05) is 13.8 Å². The normalized spacial score (nSPS) is 8.83. The molecule has 0 bridgehead atoms. The Hall–Kier alpha value is -0.930.